The summed E-state index contributed by atoms with van der Waals surface area (Å²) in [6, 6.07) is 0.685. The van der Waals surface area contributed by atoms with Crippen molar-refractivity contribution >= 4 is 0 Å². The SMILES string of the molecule is CC(C)N1CCC(C)(CN2CC(C)(O)C2)CC1. The molecule has 0 bridgehead atoms. The van der Waals surface area contributed by atoms with E-state index in [1.165, 1.54) is 25.9 Å². The maximum absolute atomic E-state index is 9.76. The third-order valence-corrected chi connectivity index (χ3v) is 4.47. The topological polar surface area (TPSA) is 26.7 Å². The Kier molecular flexibility index (Phi) is 3.54. The van der Waals surface area contributed by atoms with Crippen molar-refractivity contribution in [3.63, 3.8) is 0 Å². The highest BCUT2D eigenvalue weighted by atomic mass is 16.3. The van der Waals surface area contributed by atoms with Gasteiger partial charge in [-0.25, -0.2) is 0 Å². The van der Waals surface area contributed by atoms with Crippen LogP contribution in [0.1, 0.15) is 40.5 Å². The first-order valence-corrected chi connectivity index (χ1v) is 6.99. The molecule has 2 fully saturated rings. The monoisotopic (exact) mass is 240 g/mol. The molecule has 0 radical (unpaired) electrons. The Morgan fingerprint density at radius 3 is 2.06 bits per heavy atom. The van der Waals surface area contributed by atoms with E-state index in [1.807, 2.05) is 6.92 Å². The molecule has 100 valence electrons. The van der Waals surface area contributed by atoms with Crippen LogP contribution in [0.25, 0.3) is 0 Å². The number of piperidine rings is 1. The molecule has 2 aliphatic heterocycles. The van der Waals surface area contributed by atoms with Crippen molar-refractivity contribution in [3.8, 4) is 0 Å². The van der Waals surface area contributed by atoms with Crippen LogP contribution in [0.5, 0.6) is 0 Å². The van der Waals surface area contributed by atoms with Crippen LogP contribution in [0, 0.1) is 5.41 Å². The highest BCUT2D eigenvalue weighted by Gasteiger charge is 2.41. The number of β-amino-alcohol motifs (C(OH)–C–C–N with tert-alkyl or cyclic N) is 1. The minimum absolute atomic E-state index is 0.422. The quantitative estimate of drug-likeness (QED) is 0.811. The summed E-state index contributed by atoms with van der Waals surface area (Å²) in [6.07, 6.45) is 2.59. The normalized spacial score (nSPS) is 29.3. The zero-order valence-electron chi connectivity index (χ0n) is 11.9. The van der Waals surface area contributed by atoms with Crippen molar-refractivity contribution < 1.29 is 5.11 Å². The molecule has 1 N–H and O–H groups in total. The van der Waals surface area contributed by atoms with Gasteiger partial charge >= 0.3 is 0 Å². The summed E-state index contributed by atoms with van der Waals surface area (Å²) in [6.45, 7) is 14.3. The molecule has 0 atom stereocenters. The fourth-order valence-corrected chi connectivity index (χ4v) is 3.31. The molecule has 2 rings (SSSR count). The summed E-state index contributed by atoms with van der Waals surface area (Å²) >= 11 is 0. The van der Waals surface area contributed by atoms with Gasteiger partial charge in [0.05, 0.1) is 5.60 Å². The fraction of sp³-hybridized carbons (Fsp3) is 1.00. The number of nitrogens with zero attached hydrogens (tertiary/aromatic N) is 2. The summed E-state index contributed by atoms with van der Waals surface area (Å²) < 4.78 is 0. The summed E-state index contributed by atoms with van der Waals surface area (Å²) in [5.41, 5.74) is 0.0386. The van der Waals surface area contributed by atoms with E-state index in [0.717, 1.165) is 19.6 Å². The molecule has 2 heterocycles. The maximum atomic E-state index is 9.76. The molecular weight excluding hydrogens is 212 g/mol. The van der Waals surface area contributed by atoms with Gasteiger partial charge in [0, 0.05) is 25.7 Å². The van der Waals surface area contributed by atoms with E-state index >= 15 is 0 Å². The van der Waals surface area contributed by atoms with Crippen molar-refractivity contribution in [2.75, 3.05) is 32.7 Å². The van der Waals surface area contributed by atoms with Gasteiger partial charge in [-0.2, -0.15) is 0 Å². The Labute approximate surface area is 106 Å². The molecule has 0 aromatic heterocycles. The second kappa shape index (κ2) is 4.52. The molecule has 0 amide bonds. The Morgan fingerprint density at radius 2 is 1.65 bits per heavy atom. The van der Waals surface area contributed by atoms with Crippen LogP contribution >= 0.6 is 0 Å². The predicted octanol–water partition coefficient (Wildman–Crippen LogP) is 1.56. The van der Waals surface area contributed by atoms with Gasteiger partial charge in [-0.05, 0) is 52.1 Å². The van der Waals surface area contributed by atoms with Crippen molar-refractivity contribution in [2.45, 2.75) is 52.2 Å². The van der Waals surface area contributed by atoms with Crippen molar-refractivity contribution in [1.29, 1.82) is 0 Å². The highest BCUT2D eigenvalue weighted by Crippen LogP contribution is 2.35. The summed E-state index contributed by atoms with van der Waals surface area (Å²) in [4.78, 5) is 4.99. The van der Waals surface area contributed by atoms with Crippen LogP contribution in [0.2, 0.25) is 0 Å². The lowest BCUT2D eigenvalue weighted by atomic mass is 9.78. The van der Waals surface area contributed by atoms with E-state index < -0.39 is 5.60 Å². The Bertz CT molecular complexity index is 259. The standard InChI is InChI=1S/C14H28N2O/c1-12(2)16-7-5-13(3,6-8-16)9-15-10-14(4,17)11-15/h12,17H,5-11H2,1-4H3. The molecular formula is C14H28N2O. The molecule has 0 aromatic rings. The van der Waals surface area contributed by atoms with Crippen LogP contribution in [0.15, 0.2) is 0 Å². The summed E-state index contributed by atoms with van der Waals surface area (Å²) in [7, 11) is 0. The fourth-order valence-electron chi connectivity index (χ4n) is 3.31. The maximum Gasteiger partial charge on any atom is 0.0872 e. The lowest BCUT2D eigenvalue weighted by Gasteiger charge is -2.50. The Balaban J connectivity index is 1.78. The first kappa shape index (κ1) is 13.3. The van der Waals surface area contributed by atoms with Crippen molar-refractivity contribution in [3.05, 3.63) is 0 Å². The molecule has 3 nitrogen and oxygen atoms in total. The third kappa shape index (κ3) is 3.21. The largest absolute Gasteiger partial charge is 0.388 e. The molecule has 0 saturated carbocycles. The minimum Gasteiger partial charge on any atom is -0.388 e. The zero-order chi connectivity index (χ0) is 12.7. The van der Waals surface area contributed by atoms with Crippen molar-refractivity contribution in [2.24, 2.45) is 5.41 Å². The van der Waals surface area contributed by atoms with Gasteiger partial charge in [-0.3, -0.25) is 4.90 Å². The molecule has 17 heavy (non-hydrogen) atoms. The van der Waals surface area contributed by atoms with Gasteiger partial charge in [-0.15, -0.1) is 0 Å². The van der Waals surface area contributed by atoms with E-state index in [-0.39, 0.29) is 0 Å². The zero-order valence-corrected chi connectivity index (χ0v) is 11.9. The van der Waals surface area contributed by atoms with Crippen molar-refractivity contribution in [1.82, 2.24) is 9.80 Å². The second-order valence-corrected chi connectivity index (χ2v) is 7.08. The van der Waals surface area contributed by atoms with Gasteiger partial charge in [0.25, 0.3) is 0 Å². The van der Waals surface area contributed by atoms with Gasteiger partial charge in [-0.1, -0.05) is 6.92 Å². The number of rotatable bonds is 3. The van der Waals surface area contributed by atoms with E-state index in [0.29, 0.717) is 11.5 Å². The number of hydrogen-bond donors (Lipinski definition) is 1. The first-order valence-electron chi connectivity index (χ1n) is 6.99. The van der Waals surface area contributed by atoms with Gasteiger partial charge < -0.3 is 10.0 Å². The molecule has 3 heteroatoms. The average molecular weight is 240 g/mol. The lowest BCUT2D eigenvalue weighted by molar-refractivity contribution is -0.101. The molecule has 0 aliphatic carbocycles. The summed E-state index contributed by atoms with van der Waals surface area (Å²) in [5.74, 6) is 0. The van der Waals surface area contributed by atoms with Gasteiger partial charge in [0.15, 0.2) is 0 Å². The van der Waals surface area contributed by atoms with Gasteiger partial charge in [0.1, 0.15) is 0 Å². The molecule has 2 saturated heterocycles. The average Bonchev–Trinajstić information content (AvgIpc) is 2.14. The van der Waals surface area contributed by atoms with Crippen LogP contribution < -0.4 is 0 Å². The number of hydrogen-bond acceptors (Lipinski definition) is 3. The van der Waals surface area contributed by atoms with Crippen LogP contribution in [0.3, 0.4) is 0 Å². The third-order valence-electron chi connectivity index (χ3n) is 4.47. The van der Waals surface area contributed by atoms with Crippen LogP contribution in [0.4, 0.5) is 0 Å². The van der Waals surface area contributed by atoms with E-state index in [2.05, 4.69) is 30.6 Å². The van der Waals surface area contributed by atoms with Crippen LogP contribution in [-0.2, 0) is 0 Å². The molecule has 0 unspecified atom stereocenters. The van der Waals surface area contributed by atoms with E-state index in [4.69, 9.17) is 0 Å². The molecule has 2 aliphatic rings. The molecule has 0 spiro atoms. The number of aliphatic hydroxyl groups is 1. The second-order valence-electron chi connectivity index (χ2n) is 7.08. The predicted molar refractivity (Wildman–Crippen MR) is 71.1 cm³/mol. The summed E-state index contributed by atoms with van der Waals surface area (Å²) in [5, 5.41) is 9.76. The highest BCUT2D eigenvalue weighted by molar-refractivity contribution is 4.95. The van der Waals surface area contributed by atoms with E-state index in [1.54, 1.807) is 0 Å². The molecule has 0 aromatic carbocycles. The smallest absolute Gasteiger partial charge is 0.0872 e. The minimum atomic E-state index is -0.422. The van der Waals surface area contributed by atoms with Crippen LogP contribution in [-0.4, -0.2) is 59.3 Å². The lowest BCUT2D eigenvalue weighted by Crippen LogP contribution is -2.62. The first-order chi connectivity index (χ1) is 7.80. The Hall–Kier alpha value is -0.120. The van der Waals surface area contributed by atoms with Gasteiger partial charge in [0.2, 0.25) is 0 Å². The number of likely N-dealkylation sites (tertiary alicyclic amines) is 2. The Morgan fingerprint density at radius 1 is 1.12 bits per heavy atom. The van der Waals surface area contributed by atoms with E-state index in [9.17, 15) is 5.11 Å².